The van der Waals surface area contributed by atoms with Gasteiger partial charge in [0.15, 0.2) is 5.82 Å². The van der Waals surface area contributed by atoms with Crippen molar-refractivity contribution < 1.29 is 9.26 Å². The first kappa shape index (κ1) is 11.2. The number of hydrogen-bond acceptors (Lipinski definition) is 5. The van der Waals surface area contributed by atoms with Gasteiger partial charge in [-0.15, -0.1) is 0 Å². The van der Waals surface area contributed by atoms with E-state index in [-0.39, 0.29) is 6.10 Å². The van der Waals surface area contributed by atoms with E-state index in [9.17, 15) is 0 Å². The number of rotatable bonds is 5. The molecule has 1 aliphatic heterocycles. The van der Waals surface area contributed by atoms with Gasteiger partial charge >= 0.3 is 0 Å². The molecule has 1 saturated heterocycles. The van der Waals surface area contributed by atoms with Crippen LogP contribution in [0.1, 0.15) is 50.2 Å². The average Bonchev–Trinajstić information content (AvgIpc) is 2.89. The number of aromatic nitrogens is 2. The van der Waals surface area contributed by atoms with E-state index in [0.717, 1.165) is 37.7 Å². The van der Waals surface area contributed by atoms with Gasteiger partial charge in [-0.1, -0.05) is 12.1 Å². The minimum absolute atomic E-state index is 0.250. The Hall–Kier alpha value is -0.940. The number of ether oxygens (including phenoxy) is 1. The van der Waals surface area contributed by atoms with Crippen LogP contribution >= 0.6 is 0 Å². The molecule has 2 atom stereocenters. The molecule has 1 aromatic rings. The molecule has 17 heavy (non-hydrogen) atoms. The maximum absolute atomic E-state index is 5.64. The van der Waals surface area contributed by atoms with E-state index in [1.165, 1.54) is 12.8 Å². The molecule has 94 valence electrons. The summed E-state index contributed by atoms with van der Waals surface area (Å²) < 4.78 is 11.0. The summed E-state index contributed by atoms with van der Waals surface area (Å²) in [6.07, 6.45) is 4.80. The van der Waals surface area contributed by atoms with Crippen LogP contribution in [0.25, 0.3) is 0 Å². The van der Waals surface area contributed by atoms with Crippen molar-refractivity contribution in [3.8, 4) is 0 Å². The van der Waals surface area contributed by atoms with Crippen LogP contribution in [0.3, 0.4) is 0 Å². The lowest BCUT2D eigenvalue weighted by atomic mass is 10.00. The van der Waals surface area contributed by atoms with Gasteiger partial charge in [-0.2, -0.15) is 4.98 Å². The minimum atomic E-state index is 0.250. The van der Waals surface area contributed by atoms with Crippen LogP contribution in [0.4, 0.5) is 0 Å². The molecule has 0 amide bonds. The molecule has 1 saturated carbocycles. The summed E-state index contributed by atoms with van der Waals surface area (Å²) in [6, 6.07) is 0.676. The van der Waals surface area contributed by atoms with Crippen molar-refractivity contribution in [2.45, 2.75) is 57.2 Å². The molecule has 5 heteroatoms. The van der Waals surface area contributed by atoms with Crippen LogP contribution in [0.15, 0.2) is 4.52 Å². The van der Waals surface area contributed by atoms with Crippen LogP contribution in [0.5, 0.6) is 0 Å². The van der Waals surface area contributed by atoms with Crippen LogP contribution in [-0.4, -0.2) is 28.9 Å². The van der Waals surface area contributed by atoms with Gasteiger partial charge in [-0.05, 0) is 25.7 Å². The van der Waals surface area contributed by atoms with Gasteiger partial charge in [0.25, 0.3) is 0 Å². The molecule has 2 fully saturated rings. The van der Waals surface area contributed by atoms with Crippen molar-refractivity contribution in [1.82, 2.24) is 15.5 Å². The predicted octanol–water partition coefficient (Wildman–Crippen LogP) is 1.60. The molecule has 1 aromatic heterocycles. The fraction of sp³-hybridized carbons (Fsp3) is 0.833. The molecular formula is C12H19N3O2. The highest BCUT2D eigenvalue weighted by Crippen LogP contribution is 2.31. The van der Waals surface area contributed by atoms with E-state index in [0.29, 0.717) is 12.0 Å². The predicted molar refractivity (Wildman–Crippen MR) is 61.5 cm³/mol. The third-order valence-electron chi connectivity index (χ3n) is 3.54. The lowest BCUT2D eigenvalue weighted by molar-refractivity contribution is 0.0953. The van der Waals surface area contributed by atoms with Crippen molar-refractivity contribution in [3.05, 3.63) is 11.7 Å². The van der Waals surface area contributed by atoms with Gasteiger partial charge in [0.1, 0.15) is 0 Å². The Morgan fingerprint density at radius 1 is 1.35 bits per heavy atom. The van der Waals surface area contributed by atoms with Crippen molar-refractivity contribution in [2.75, 3.05) is 6.61 Å². The normalized spacial score (nSPS) is 28.8. The van der Waals surface area contributed by atoms with Gasteiger partial charge in [-0.25, -0.2) is 0 Å². The van der Waals surface area contributed by atoms with Crippen LogP contribution in [0.2, 0.25) is 0 Å². The average molecular weight is 237 g/mol. The zero-order chi connectivity index (χ0) is 11.7. The van der Waals surface area contributed by atoms with Gasteiger partial charge < -0.3 is 14.6 Å². The van der Waals surface area contributed by atoms with Gasteiger partial charge in [-0.3, -0.25) is 0 Å². The summed E-state index contributed by atoms with van der Waals surface area (Å²) >= 11 is 0. The Labute approximate surface area is 101 Å². The summed E-state index contributed by atoms with van der Waals surface area (Å²) in [4.78, 5) is 4.47. The highest BCUT2D eigenvalue weighted by Gasteiger charge is 2.32. The van der Waals surface area contributed by atoms with Crippen LogP contribution < -0.4 is 5.32 Å². The molecule has 1 N–H and O–H groups in total. The van der Waals surface area contributed by atoms with Gasteiger partial charge in [0.2, 0.25) is 5.89 Å². The zero-order valence-electron chi connectivity index (χ0n) is 10.2. The molecule has 2 unspecified atom stereocenters. The molecule has 0 spiro atoms. The Morgan fingerprint density at radius 2 is 2.24 bits per heavy atom. The topological polar surface area (TPSA) is 60.2 Å². The third-order valence-corrected chi connectivity index (χ3v) is 3.54. The second-order valence-corrected chi connectivity index (χ2v) is 4.92. The first-order chi connectivity index (χ1) is 8.36. The van der Waals surface area contributed by atoms with Gasteiger partial charge in [0, 0.05) is 12.6 Å². The molecule has 3 rings (SSSR count). The summed E-state index contributed by atoms with van der Waals surface area (Å²) in [7, 11) is 0. The van der Waals surface area contributed by atoms with E-state index in [1.54, 1.807) is 0 Å². The summed E-state index contributed by atoms with van der Waals surface area (Å²) in [5.74, 6) is 1.82. The van der Waals surface area contributed by atoms with E-state index >= 15 is 0 Å². The number of nitrogens with one attached hydrogen (secondary N) is 1. The lowest BCUT2D eigenvalue weighted by Gasteiger charge is -2.11. The molecule has 2 aliphatic rings. The first-order valence-electron chi connectivity index (χ1n) is 6.54. The van der Waals surface area contributed by atoms with E-state index in [4.69, 9.17) is 9.26 Å². The Bertz CT molecular complexity index is 376. The van der Waals surface area contributed by atoms with Crippen molar-refractivity contribution in [1.29, 1.82) is 0 Å². The molecule has 2 heterocycles. The monoisotopic (exact) mass is 237 g/mol. The Morgan fingerprint density at radius 3 is 3.00 bits per heavy atom. The smallest absolute Gasteiger partial charge is 0.232 e. The zero-order valence-corrected chi connectivity index (χ0v) is 10.2. The van der Waals surface area contributed by atoms with E-state index in [2.05, 4.69) is 22.4 Å². The van der Waals surface area contributed by atoms with E-state index in [1.807, 2.05) is 0 Å². The third kappa shape index (κ3) is 2.50. The fourth-order valence-electron chi connectivity index (χ4n) is 2.35. The Kier molecular flexibility index (Phi) is 3.11. The Balaban J connectivity index is 1.62. The molecule has 5 nitrogen and oxygen atoms in total. The molecule has 0 radical (unpaired) electrons. The van der Waals surface area contributed by atoms with Crippen LogP contribution in [0, 0.1) is 0 Å². The molecule has 1 aliphatic carbocycles. The lowest BCUT2D eigenvalue weighted by Crippen LogP contribution is -2.16. The van der Waals surface area contributed by atoms with Crippen molar-refractivity contribution >= 4 is 0 Å². The second kappa shape index (κ2) is 4.74. The van der Waals surface area contributed by atoms with Gasteiger partial charge in [0.05, 0.1) is 18.6 Å². The van der Waals surface area contributed by atoms with E-state index < -0.39 is 0 Å². The maximum Gasteiger partial charge on any atom is 0.232 e. The summed E-state index contributed by atoms with van der Waals surface area (Å²) in [5, 5.41) is 7.41. The fourth-order valence-corrected chi connectivity index (χ4v) is 2.35. The quantitative estimate of drug-likeness (QED) is 0.843. The second-order valence-electron chi connectivity index (χ2n) is 4.92. The summed E-state index contributed by atoms with van der Waals surface area (Å²) in [6.45, 7) is 3.66. The molecular weight excluding hydrogens is 218 g/mol. The maximum atomic E-state index is 5.64. The molecule has 0 aromatic carbocycles. The molecule has 0 bridgehead atoms. The SMILES string of the molecule is CCC1OCCC1c1nc(CNC2CC2)no1. The highest BCUT2D eigenvalue weighted by molar-refractivity contribution is 5.00. The van der Waals surface area contributed by atoms with Crippen molar-refractivity contribution in [3.63, 3.8) is 0 Å². The minimum Gasteiger partial charge on any atom is -0.377 e. The standard InChI is InChI=1S/C12H19N3O2/c1-2-10-9(5-6-16-10)12-14-11(15-17-12)7-13-8-3-4-8/h8-10,13H,2-7H2,1H3. The largest absolute Gasteiger partial charge is 0.377 e. The highest BCUT2D eigenvalue weighted by atomic mass is 16.5. The van der Waals surface area contributed by atoms with Crippen molar-refractivity contribution in [2.24, 2.45) is 0 Å². The van der Waals surface area contributed by atoms with Crippen LogP contribution in [-0.2, 0) is 11.3 Å². The number of nitrogens with zero attached hydrogens (tertiary/aromatic N) is 2. The summed E-state index contributed by atoms with van der Waals surface area (Å²) in [5.41, 5.74) is 0. The first-order valence-corrected chi connectivity index (χ1v) is 6.54. The number of hydrogen-bond donors (Lipinski definition) is 1.